The highest BCUT2D eigenvalue weighted by Gasteiger charge is 2.72. The fraction of sp³-hybridized carbons (Fsp3) is 0.800. The van der Waals surface area contributed by atoms with Crippen molar-refractivity contribution in [1.82, 2.24) is 0 Å². The summed E-state index contributed by atoms with van der Waals surface area (Å²) in [6.45, 7) is 13.0. The van der Waals surface area contributed by atoms with Crippen molar-refractivity contribution in [3.05, 3.63) is 12.7 Å². The maximum atomic E-state index is 13.2. The van der Waals surface area contributed by atoms with E-state index in [1.165, 1.54) is 6.08 Å². The molecule has 0 aromatic rings. The lowest BCUT2D eigenvalue weighted by molar-refractivity contribution is -0.341. The Hall–Kier alpha value is -1.04. The summed E-state index contributed by atoms with van der Waals surface area (Å²) in [7, 11) is 0. The van der Waals surface area contributed by atoms with E-state index in [1.54, 1.807) is 13.8 Å². The summed E-state index contributed by atoms with van der Waals surface area (Å²) in [5.74, 6) is -4.19. The van der Waals surface area contributed by atoms with Gasteiger partial charge in [-0.15, -0.1) is 0 Å². The number of aliphatic hydroxyl groups is 2. The van der Waals surface area contributed by atoms with Gasteiger partial charge in [0.2, 0.25) is 11.6 Å². The average molecular weight is 350 g/mol. The van der Waals surface area contributed by atoms with Crippen LogP contribution in [0.5, 0.6) is 0 Å². The zero-order chi connectivity index (χ0) is 19.1. The van der Waals surface area contributed by atoms with Gasteiger partial charge in [0, 0.05) is 11.8 Å². The Kier molecular flexibility index (Phi) is 3.76. The monoisotopic (exact) mass is 350 g/mol. The summed E-state index contributed by atoms with van der Waals surface area (Å²) in [5, 5.41) is 21.8. The maximum absolute atomic E-state index is 13.2. The molecule has 25 heavy (non-hydrogen) atoms. The van der Waals surface area contributed by atoms with E-state index in [9.17, 15) is 19.8 Å². The van der Waals surface area contributed by atoms with Crippen LogP contribution >= 0.6 is 0 Å². The van der Waals surface area contributed by atoms with Crippen molar-refractivity contribution < 1.29 is 24.5 Å². The van der Waals surface area contributed by atoms with Gasteiger partial charge in [0.05, 0.1) is 11.5 Å². The van der Waals surface area contributed by atoms with Crippen LogP contribution in [0.25, 0.3) is 0 Å². The molecule has 3 fully saturated rings. The molecular weight excluding hydrogens is 320 g/mol. The molecule has 3 aliphatic rings. The molecule has 0 aromatic heterocycles. The molecule has 5 nitrogen and oxygen atoms in total. The molecule has 140 valence electrons. The van der Waals surface area contributed by atoms with Gasteiger partial charge in [0.15, 0.2) is 5.79 Å². The van der Waals surface area contributed by atoms with Gasteiger partial charge in [-0.05, 0) is 44.4 Å². The van der Waals surface area contributed by atoms with E-state index in [-0.39, 0.29) is 17.8 Å². The van der Waals surface area contributed by atoms with Gasteiger partial charge >= 0.3 is 0 Å². The van der Waals surface area contributed by atoms with E-state index in [1.807, 2.05) is 6.92 Å². The van der Waals surface area contributed by atoms with Crippen LogP contribution < -0.4 is 0 Å². The van der Waals surface area contributed by atoms with E-state index in [0.29, 0.717) is 19.3 Å². The van der Waals surface area contributed by atoms with Crippen molar-refractivity contribution in [2.24, 2.45) is 22.7 Å². The predicted molar refractivity (Wildman–Crippen MR) is 92.6 cm³/mol. The molecule has 2 saturated carbocycles. The van der Waals surface area contributed by atoms with Crippen molar-refractivity contribution in [3.63, 3.8) is 0 Å². The minimum Gasteiger partial charge on any atom is -0.365 e. The first-order valence-corrected chi connectivity index (χ1v) is 9.12. The molecule has 0 spiro atoms. The number of fused-ring (bicyclic) bond motifs is 3. The van der Waals surface area contributed by atoms with Gasteiger partial charge in [0.1, 0.15) is 5.60 Å². The molecular formula is C20H30O5. The van der Waals surface area contributed by atoms with Crippen LogP contribution in [0.2, 0.25) is 0 Å². The maximum Gasteiger partial charge on any atom is 0.234 e. The second kappa shape index (κ2) is 5.02. The number of rotatable bonds is 1. The van der Waals surface area contributed by atoms with E-state index in [0.717, 1.165) is 0 Å². The third-order valence-corrected chi connectivity index (χ3v) is 7.56. The lowest BCUT2D eigenvalue weighted by atomic mass is 9.42. The van der Waals surface area contributed by atoms with E-state index in [2.05, 4.69) is 20.4 Å². The average Bonchev–Trinajstić information content (AvgIpc) is 2.49. The highest BCUT2D eigenvalue weighted by molar-refractivity contribution is 6.42. The van der Waals surface area contributed by atoms with Gasteiger partial charge in [-0.1, -0.05) is 33.4 Å². The summed E-state index contributed by atoms with van der Waals surface area (Å²) in [6.07, 6.45) is 3.53. The van der Waals surface area contributed by atoms with Crippen LogP contribution in [-0.2, 0) is 14.3 Å². The lowest BCUT2D eigenvalue weighted by Crippen LogP contribution is -2.74. The van der Waals surface area contributed by atoms with Crippen molar-refractivity contribution in [2.45, 2.75) is 77.3 Å². The third-order valence-electron chi connectivity index (χ3n) is 7.56. The molecule has 2 aliphatic carbocycles. The molecule has 5 heteroatoms. The first kappa shape index (κ1) is 18.7. The van der Waals surface area contributed by atoms with Gasteiger partial charge < -0.3 is 14.9 Å². The fourth-order valence-corrected chi connectivity index (χ4v) is 6.06. The molecule has 3 rings (SSSR count). The van der Waals surface area contributed by atoms with Gasteiger partial charge in [-0.3, -0.25) is 9.59 Å². The summed E-state index contributed by atoms with van der Waals surface area (Å²) in [4.78, 5) is 26.0. The van der Waals surface area contributed by atoms with Crippen LogP contribution in [-0.4, -0.2) is 38.8 Å². The highest BCUT2D eigenvalue weighted by Crippen LogP contribution is 2.66. The van der Waals surface area contributed by atoms with Crippen molar-refractivity contribution in [1.29, 1.82) is 0 Å². The normalized spacial score (nSPS) is 48.4. The molecule has 0 aromatic carbocycles. The summed E-state index contributed by atoms with van der Waals surface area (Å²) in [5.41, 5.74) is -3.57. The number of ketones is 2. The minimum absolute atomic E-state index is 0.0877. The van der Waals surface area contributed by atoms with E-state index < -0.39 is 39.9 Å². The molecule has 1 aliphatic heterocycles. The Bertz CT molecular complexity index is 650. The number of carbonyl (C=O) groups excluding carboxylic acids is 2. The number of carbonyl (C=O) groups is 2. The Morgan fingerprint density at radius 3 is 2.24 bits per heavy atom. The summed E-state index contributed by atoms with van der Waals surface area (Å²) in [6, 6.07) is 0. The van der Waals surface area contributed by atoms with Crippen LogP contribution in [0.15, 0.2) is 12.7 Å². The number of ether oxygens (including phenoxy) is 1. The van der Waals surface area contributed by atoms with Crippen molar-refractivity contribution in [3.8, 4) is 0 Å². The summed E-state index contributed by atoms with van der Waals surface area (Å²) >= 11 is 0. The van der Waals surface area contributed by atoms with E-state index in [4.69, 9.17) is 4.74 Å². The zero-order valence-electron chi connectivity index (χ0n) is 15.9. The van der Waals surface area contributed by atoms with Crippen LogP contribution in [0.4, 0.5) is 0 Å². The topological polar surface area (TPSA) is 83.8 Å². The standard InChI is InChI=1S/C20H30O5/c1-7-17(4)15(22)13(21)14-18(5,25-17)9-8-12-16(2,3)10-11-20(23,24)19(12,14)6/h7,12,14,23-24H,1,8-11H2,2-6H3/t12-,14-,17-,18+,19-/m0/s1. The smallest absolute Gasteiger partial charge is 0.234 e. The Balaban J connectivity index is 2.19. The van der Waals surface area contributed by atoms with Gasteiger partial charge in [-0.2, -0.15) is 0 Å². The van der Waals surface area contributed by atoms with Crippen LogP contribution in [0.3, 0.4) is 0 Å². The van der Waals surface area contributed by atoms with Crippen LogP contribution in [0, 0.1) is 22.7 Å². The molecule has 0 unspecified atom stereocenters. The SMILES string of the molecule is C=C[C@]1(C)O[C@]2(C)CC[C@H]3C(C)(C)CCC(O)(O)[C@]3(C)[C@H]2C(=O)C1=O. The number of hydrogen-bond acceptors (Lipinski definition) is 5. The van der Waals surface area contributed by atoms with Gasteiger partial charge in [0.25, 0.3) is 0 Å². The van der Waals surface area contributed by atoms with Crippen molar-refractivity contribution >= 4 is 11.6 Å². The largest absolute Gasteiger partial charge is 0.365 e. The first-order valence-electron chi connectivity index (χ1n) is 9.12. The number of hydrogen-bond donors (Lipinski definition) is 2. The van der Waals surface area contributed by atoms with Crippen molar-refractivity contribution in [2.75, 3.05) is 0 Å². The molecule has 0 radical (unpaired) electrons. The molecule has 2 N–H and O–H groups in total. The Labute approximate surface area is 149 Å². The van der Waals surface area contributed by atoms with E-state index >= 15 is 0 Å². The van der Waals surface area contributed by atoms with Gasteiger partial charge in [-0.25, -0.2) is 0 Å². The second-order valence-electron chi connectivity index (χ2n) is 9.53. The Morgan fingerprint density at radius 1 is 1.08 bits per heavy atom. The number of Topliss-reactive ketones (excluding diaryl/α,β-unsaturated/α-hetero) is 2. The summed E-state index contributed by atoms with van der Waals surface area (Å²) < 4.78 is 6.16. The quantitative estimate of drug-likeness (QED) is 0.431. The third kappa shape index (κ3) is 2.18. The Morgan fingerprint density at radius 2 is 1.68 bits per heavy atom. The molecule has 0 bridgehead atoms. The second-order valence-corrected chi connectivity index (χ2v) is 9.53. The molecule has 1 saturated heterocycles. The molecule has 1 heterocycles. The first-order chi connectivity index (χ1) is 11.3. The fourth-order valence-electron chi connectivity index (χ4n) is 6.06. The molecule has 0 amide bonds. The minimum atomic E-state index is -2.01. The van der Waals surface area contributed by atoms with Crippen LogP contribution in [0.1, 0.15) is 60.3 Å². The zero-order valence-corrected chi connectivity index (χ0v) is 15.9. The highest BCUT2D eigenvalue weighted by atomic mass is 16.5. The lowest BCUT2D eigenvalue weighted by Gasteiger charge is -2.66. The molecule has 5 atom stereocenters. The predicted octanol–water partition coefficient (Wildman–Crippen LogP) is 2.39.